The van der Waals surface area contributed by atoms with Crippen LogP contribution in [0.4, 0.5) is 20.3 Å². The van der Waals surface area contributed by atoms with E-state index >= 15 is 0 Å². The minimum Gasteiger partial charge on any atom is -0.380 e. The number of halogens is 2. The predicted octanol–water partition coefficient (Wildman–Crippen LogP) is 6.22. The van der Waals surface area contributed by atoms with Crippen molar-refractivity contribution in [3.8, 4) is 0 Å². The Balaban J connectivity index is 1.36. The molecule has 0 radical (unpaired) electrons. The van der Waals surface area contributed by atoms with E-state index in [0.717, 1.165) is 41.3 Å². The number of hydrogen-bond acceptors (Lipinski definition) is 3. The summed E-state index contributed by atoms with van der Waals surface area (Å²) in [4.78, 5) is 4.78. The van der Waals surface area contributed by atoms with Gasteiger partial charge in [-0.15, -0.1) is 0 Å². The number of rotatable bonds is 5. The molecule has 1 aromatic heterocycles. The Morgan fingerprint density at radius 3 is 2.60 bits per heavy atom. The molecule has 0 saturated heterocycles. The molecule has 0 fully saturated rings. The summed E-state index contributed by atoms with van der Waals surface area (Å²) >= 11 is 0. The molecule has 3 nitrogen and oxygen atoms in total. The van der Waals surface area contributed by atoms with Crippen molar-refractivity contribution in [1.29, 1.82) is 0 Å². The third-order valence-electron chi connectivity index (χ3n) is 5.59. The first-order valence-corrected chi connectivity index (χ1v) is 10.1. The molecule has 0 spiro atoms. The van der Waals surface area contributed by atoms with Gasteiger partial charge in [0.05, 0.1) is 11.6 Å². The van der Waals surface area contributed by atoms with Gasteiger partial charge in [-0.1, -0.05) is 30.3 Å². The van der Waals surface area contributed by atoms with Crippen LogP contribution in [-0.2, 0) is 13.0 Å². The smallest absolute Gasteiger partial charge is 0.127 e. The highest BCUT2D eigenvalue weighted by Gasteiger charge is 2.22. The first-order valence-electron chi connectivity index (χ1n) is 10.1. The number of hydrogen-bond donors (Lipinski definition) is 2. The highest BCUT2D eigenvalue weighted by Crippen LogP contribution is 2.34. The van der Waals surface area contributed by atoms with Gasteiger partial charge in [-0.25, -0.2) is 13.8 Å². The Labute approximate surface area is 173 Å². The van der Waals surface area contributed by atoms with E-state index in [1.54, 1.807) is 0 Å². The monoisotopic (exact) mass is 401 g/mol. The van der Waals surface area contributed by atoms with E-state index in [-0.39, 0.29) is 6.04 Å². The Morgan fingerprint density at radius 1 is 0.900 bits per heavy atom. The maximum atomic E-state index is 13.4. The first-order chi connectivity index (χ1) is 14.7. The second kappa shape index (κ2) is 7.75. The van der Waals surface area contributed by atoms with Crippen LogP contribution in [0, 0.1) is 11.6 Å². The minimum absolute atomic E-state index is 0.273. The van der Waals surface area contributed by atoms with Gasteiger partial charge < -0.3 is 10.6 Å². The molecule has 1 aliphatic rings. The predicted molar refractivity (Wildman–Crippen MR) is 117 cm³/mol. The number of aromatic nitrogens is 1. The molecule has 5 rings (SSSR count). The summed E-state index contributed by atoms with van der Waals surface area (Å²) in [6.45, 7) is 0.326. The first kappa shape index (κ1) is 18.6. The molecule has 0 amide bonds. The molecule has 0 unspecified atom stereocenters. The quantitative estimate of drug-likeness (QED) is 0.417. The highest BCUT2D eigenvalue weighted by molar-refractivity contribution is 5.92. The standard InChI is InChI=1S/C25H21F2N3/c26-18-12-16(13-19(27)14-18)15-28-22-6-3-7-23-21(22)9-11-25(29-23)30-24-10-8-17-4-1-2-5-20(17)24/h1-7,9,11-14,24,28H,8,10,15H2,(H,29,30)/t24-/m1/s1. The third kappa shape index (κ3) is 3.71. The maximum absolute atomic E-state index is 13.4. The fourth-order valence-electron chi connectivity index (χ4n) is 4.19. The van der Waals surface area contributed by atoms with Crippen LogP contribution in [0.2, 0.25) is 0 Å². The van der Waals surface area contributed by atoms with Crippen molar-refractivity contribution in [2.45, 2.75) is 25.4 Å². The zero-order valence-corrected chi connectivity index (χ0v) is 16.3. The summed E-state index contributed by atoms with van der Waals surface area (Å²) in [5.41, 5.74) is 5.04. The van der Waals surface area contributed by atoms with Crippen molar-refractivity contribution in [2.75, 3.05) is 10.6 Å². The number of benzene rings is 3. The molecule has 0 aliphatic heterocycles. The SMILES string of the molecule is Fc1cc(F)cc(CNc2cccc3nc(N[C@@H]4CCc5ccccc54)ccc23)c1. The lowest BCUT2D eigenvalue weighted by molar-refractivity contribution is 0.580. The average molecular weight is 401 g/mol. The van der Waals surface area contributed by atoms with Crippen LogP contribution in [0.1, 0.15) is 29.2 Å². The number of anilines is 2. The van der Waals surface area contributed by atoms with Crippen molar-refractivity contribution in [3.05, 3.63) is 101 Å². The van der Waals surface area contributed by atoms with E-state index in [0.29, 0.717) is 12.1 Å². The molecule has 1 aliphatic carbocycles. The van der Waals surface area contributed by atoms with Gasteiger partial charge in [-0.3, -0.25) is 0 Å². The van der Waals surface area contributed by atoms with Gasteiger partial charge >= 0.3 is 0 Å². The zero-order chi connectivity index (χ0) is 20.5. The number of pyridine rings is 1. The van der Waals surface area contributed by atoms with Crippen molar-refractivity contribution in [1.82, 2.24) is 4.98 Å². The van der Waals surface area contributed by atoms with Crippen molar-refractivity contribution >= 4 is 22.4 Å². The number of aryl methyl sites for hydroxylation is 1. The van der Waals surface area contributed by atoms with Gasteiger partial charge in [-0.05, 0) is 65.9 Å². The summed E-state index contributed by atoms with van der Waals surface area (Å²) in [5.74, 6) is -0.306. The fraction of sp³-hybridized carbons (Fsp3) is 0.160. The molecular formula is C25H21F2N3. The molecule has 5 heteroatoms. The van der Waals surface area contributed by atoms with Gasteiger partial charge in [0, 0.05) is 23.7 Å². The third-order valence-corrected chi connectivity index (χ3v) is 5.59. The van der Waals surface area contributed by atoms with Crippen LogP contribution in [0.25, 0.3) is 10.9 Å². The molecule has 0 bridgehead atoms. The van der Waals surface area contributed by atoms with Gasteiger partial charge in [0.15, 0.2) is 0 Å². The van der Waals surface area contributed by atoms with E-state index in [9.17, 15) is 8.78 Å². The lowest BCUT2D eigenvalue weighted by Gasteiger charge is -2.16. The molecule has 4 aromatic rings. The minimum atomic E-state index is -0.574. The Kier molecular flexibility index (Phi) is 4.79. The maximum Gasteiger partial charge on any atom is 0.127 e. The summed E-state index contributed by atoms with van der Waals surface area (Å²) < 4.78 is 26.9. The Morgan fingerprint density at radius 2 is 1.73 bits per heavy atom. The lowest BCUT2D eigenvalue weighted by Crippen LogP contribution is -2.08. The van der Waals surface area contributed by atoms with E-state index in [2.05, 4.69) is 34.9 Å². The normalized spacial score (nSPS) is 15.2. The molecule has 0 saturated carbocycles. The lowest BCUT2D eigenvalue weighted by atomic mass is 10.1. The van der Waals surface area contributed by atoms with Crippen molar-refractivity contribution in [3.63, 3.8) is 0 Å². The van der Waals surface area contributed by atoms with Crippen molar-refractivity contribution in [2.24, 2.45) is 0 Å². The van der Waals surface area contributed by atoms with Crippen LogP contribution >= 0.6 is 0 Å². The van der Waals surface area contributed by atoms with Gasteiger partial charge in [0.1, 0.15) is 17.5 Å². The van der Waals surface area contributed by atoms with Crippen LogP contribution < -0.4 is 10.6 Å². The topological polar surface area (TPSA) is 37.0 Å². The molecular weight excluding hydrogens is 380 g/mol. The van der Waals surface area contributed by atoms with E-state index in [1.165, 1.54) is 23.3 Å². The summed E-state index contributed by atoms with van der Waals surface area (Å²) in [5, 5.41) is 7.80. The number of nitrogens with zero attached hydrogens (tertiary/aromatic N) is 1. The number of nitrogens with one attached hydrogen (secondary N) is 2. The largest absolute Gasteiger partial charge is 0.380 e. The molecule has 30 heavy (non-hydrogen) atoms. The molecule has 150 valence electrons. The fourth-order valence-corrected chi connectivity index (χ4v) is 4.19. The van der Waals surface area contributed by atoms with Crippen LogP contribution in [0.3, 0.4) is 0 Å². The van der Waals surface area contributed by atoms with Gasteiger partial charge in [0.25, 0.3) is 0 Å². The Bertz CT molecular complexity index is 1200. The molecule has 2 N–H and O–H groups in total. The number of fused-ring (bicyclic) bond motifs is 2. The molecule has 1 heterocycles. The average Bonchev–Trinajstić information content (AvgIpc) is 3.14. The van der Waals surface area contributed by atoms with Gasteiger partial charge in [0.2, 0.25) is 0 Å². The molecule has 3 aromatic carbocycles. The second-order valence-corrected chi connectivity index (χ2v) is 7.63. The Hall–Kier alpha value is -3.47. The zero-order valence-electron chi connectivity index (χ0n) is 16.3. The van der Waals surface area contributed by atoms with E-state index in [4.69, 9.17) is 4.98 Å². The highest BCUT2D eigenvalue weighted by atomic mass is 19.1. The van der Waals surface area contributed by atoms with Crippen LogP contribution in [0.15, 0.2) is 72.8 Å². The van der Waals surface area contributed by atoms with Crippen LogP contribution in [-0.4, -0.2) is 4.98 Å². The summed E-state index contributed by atoms with van der Waals surface area (Å²) in [6, 6.07) is 22.2. The second-order valence-electron chi connectivity index (χ2n) is 7.63. The summed E-state index contributed by atoms with van der Waals surface area (Å²) in [6.07, 6.45) is 2.14. The van der Waals surface area contributed by atoms with E-state index < -0.39 is 11.6 Å². The van der Waals surface area contributed by atoms with Crippen LogP contribution in [0.5, 0.6) is 0 Å². The van der Waals surface area contributed by atoms with E-state index in [1.807, 2.05) is 30.3 Å². The van der Waals surface area contributed by atoms with Crippen molar-refractivity contribution < 1.29 is 8.78 Å². The molecule has 1 atom stereocenters. The van der Waals surface area contributed by atoms with Gasteiger partial charge in [-0.2, -0.15) is 0 Å². The summed E-state index contributed by atoms with van der Waals surface area (Å²) in [7, 11) is 0.